The summed E-state index contributed by atoms with van der Waals surface area (Å²) in [5.41, 5.74) is 4.53. The van der Waals surface area contributed by atoms with Gasteiger partial charge in [0.1, 0.15) is 5.69 Å². The van der Waals surface area contributed by atoms with E-state index >= 15 is 0 Å². The van der Waals surface area contributed by atoms with E-state index in [1.807, 2.05) is 0 Å². The van der Waals surface area contributed by atoms with Gasteiger partial charge in [0.05, 0.1) is 10.6 Å². The van der Waals surface area contributed by atoms with Crippen LogP contribution in [0.5, 0.6) is 0 Å². The maximum atomic E-state index is 12.5. The van der Waals surface area contributed by atoms with E-state index in [4.69, 9.17) is 17.3 Å². The van der Waals surface area contributed by atoms with E-state index in [1.54, 1.807) is 0 Å². The average molecular weight is 221 g/mol. The van der Waals surface area contributed by atoms with Gasteiger partial charge in [0.15, 0.2) is 6.29 Å². The predicted octanol–water partition coefficient (Wildman–Crippen LogP) is 1.94. The van der Waals surface area contributed by atoms with Gasteiger partial charge in [-0.05, 0) is 5.56 Å². The van der Waals surface area contributed by atoms with Crippen molar-refractivity contribution in [2.24, 2.45) is 5.73 Å². The van der Waals surface area contributed by atoms with Gasteiger partial charge in [-0.2, -0.15) is 0 Å². The molecule has 0 amide bonds. The summed E-state index contributed by atoms with van der Waals surface area (Å²) in [5.74, 6) is 0. The maximum absolute atomic E-state index is 12.5. The summed E-state index contributed by atoms with van der Waals surface area (Å²) >= 11 is 5.61. The number of alkyl halides is 2. The molecule has 0 bridgehead atoms. The van der Waals surface area contributed by atoms with Crippen LogP contribution in [0, 0.1) is 0 Å². The highest BCUT2D eigenvalue weighted by Crippen LogP contribution is 2.29. The second kappa shape index (κ2) is 4.43. The van der Waals surface area contributed by atoms with Crippen molar-refractivity contribution in [3.05, 3.63) is 28.0 Å². The molecule has 2 N–H and O–H groups in total. The molecule has 1 heterocycles. The molecule has 6 heteroatoms. The Kier molecular flexibility index (Phi) is 3.49. The maximum Gasteiger partial charge on any atom is 0.266 e. The quantitative estimate of drug-likeness (QED) is 0.792. The van der Waals surface area contributed by atoms with Crippen LogP contribution in [0.15, 0.2) is 6.20 Å². The van der Waals surface area contributed by atoms with Gasteiger partial charge in [-0.25, -0.2) is 8.78 Å². The van der Waals surface area contributed by atoms with E-state index in [2.05, 4.69) is 4.98 Å². The number of carbonyl (C=O) groups excluding carboxylic acids is 1. The fraction of sp³-hybridized carbons (Fsp3) is 0.250. The first kappa shape index (κ1) is 11.0. The van der Waals surface area contributed by atoms with Crippen LogP contribution in [0.3, 0.4) is 0 Å². The zero-order valence-corrected chi connectivity index (χ0v) is 7.76. The van der Waals surface area contributed by atoms with Gasteiger partial charge < -0.3 is 5.73 Å². The zero-order chi connectivity index (χ0) is 10.7. The topological polar surface area (TPSA) is 56.0 Å². The van der Waals surface area contributed by atoms with Gasteiger partial charge >= 0.3 is 0 Å². The molecule has 0 saturated heterocycles. The smallest absolute Gasteiger partial charge is 0.266 e. The van der Waals surface area contributed by atoms with E-state index in [9.17, 15) is 13.6 Å². The summed E-state index contributed by atoms with van der Waals surface area (Å²) in [7, 11) is 0. The van der Waals surface area contributed by atoms with Crippen molar-refractivity contribution in [3.8, 4) is 0 Å². The van der Waals surface area contributed by atoms with Crippen molar-refractivity contribution in [2.45, 2.75) is 13.0 Å². The lowest BCUT2D eigenvalue weighted by Crippen LogP contribution is -2.08. The van der Waals surface area contributed by atoms with Crippen LogP contribution in [0.1, 0.15) is 28.0 Å². The van der Waals surface area contributed by atoms with Crippen molar-refractivity contribution in [1.82, 2.24) is 4.98 Å². The van der Waals surface area contributed by atoms with E-state index in [-0.39, 0.29) is 29.1 Å². The van der Waals surface area contributed by atoms with E-state index in [0.717, 1.165) is 6.20 Å². The standard InChI is InChI=1S/C8H7ClF2N2O/c9-5-2-13-6(3-14)7(8(10)11)4(5)1-12/h2-3,8H,1,12H2. The van der Waals surface area contributed by atoms with E-state index in [1.165, 1.54) is 0 Å². The Morgan fingerprint density at radius 3 is 2.71 bits per heavy atom. The number of nitrogens with zero attached hydrogens (tertiary/aromatic N) is 1. The van der Waals surface area contributed by atoms with Gasteiger partial charge in [-0.3, -0.25) is 9.78 Å². The molecule has 0 spiro atoms. The van der Waals surface area contributed by atoms with Crippen LogP contribution >= 0.6 is 11.6 Å². The summed E-state index contributed by atoms with van der Waals surface area (Å²) in [6.45, 7) is -0.151. The average Bonchev–Trinajstić information content (AvgIpc) is 2.17. The minimum absolute atomic E-state index is 0.0494. The molecule has 0 atom stereocenters. The van der Waals surface area contributed by atoms with Crippen LogP contribution in [0.25, 0.3) is 0 Å². The SMILES string of the molecule is NCc1c(Cl)cnc(C=O)c1C(F)F. The molecule has 1 aromatic rings. The number of nitrogens with two attached hydrogens (primary N) is 1. The molecule has 0 aliphatic rings. The van der Waals surface area contributed by atoms with E-state index < -0.39 is 12.0 Å². The fourth-order valence-electron chi connectivity index (χ4n) is 1.10. The number of halogens is 3. The molecule has 76 valence electrons. The van der Waals surface area contributed by atoms with Crippen LogP contribution in [0.2, 0.25) is 5.02 Å². The molecule has 0 aliphatic carbocycles. The second-order valence-electron chi connectivity index (χ2n) is 2.51. The number of rotatable bonds is 3. The van der Waals surface area contributed by atoms with Gasteiger partial charge in [0.2, 0.25) is 0 Å². The van der Waals surface area contributed by atoms with Crippen molar-refractivity contribution >= 4 is 17.9 Å². The number of aromatic nitrogens is 1. The van der Waals surface area contributed by atoms with Gasteiger partial charge in [0, 0.05) is 12.7 Å². The minimum Gasteiger partial charge on any atom is -0.326 e. The third kappa shape index (κ3) is 1.88. The van der Waals surface area contributed by atoms with Crippen LogP contribution in [0.4, 0.5) is 8.78 Å². The monoisotopic (exact) mass is 220 g/mol. The van der Waals surface area contributed by atoms with Crippen LogP contribution in [-0.2, 0) is 6.54 Å². The Balaban J connectivity index is 3.43. The van der Waals surface area contributed by atoms with Crippen molar-refractivity contribution in [1.29, 1.82) is 0 Å². The molecule has 14 heavy (non-hydrogen) atoms. The van der Waals surface area contributed by atoms with Crippen LogP contribution in [-0.4, -0.2) is 11.3 Å². The Bertz CT molecular complexity index is 357. The normalized spacial score (nSPS) is 10.6. The summed E-state index contributed by atoms with van der Waals surface area (Å²) in [6, 6.07) is 0. The molecule has 0 aromatic carbocycles. The zero-order valence-electron chi connectivity index (χ0n) is 7.01. The van der Waals surface area contributed by atoms with Crippen LogP contribution < -0.4 is 5.73 Å². The van der Waals surface area contributed by atoms with E-state index in [0.29, 0.717) is 0 Å². The van der Waals surface area contributed by atoms with Gasteiger partial charge in [-0.1, -0.05) is 11.6 Å². The summed E-state index contributed by atoms with van der Waals surface area (Å²) in [5, 5.41) is 0.0494. The summed E-state index contributed by atoms with van der Waals surface area (Å²) in [6.07, 6.45) is -1.41. The molecule has 0 radical (unpaired) electrons. The lowest BCUT2D eigenvalue weighted by molar-refractivity contribution is 0.110. The number of hydrogen-bond donors (Lipinski definition) is 1. The van der Waals surface area contributed by atoms with Crippen molar-refractivity contribution < 1.29 is 13.6 Å². The molecule has 0 aliphatic heterocycles. The Morgan fingerprint density at radius 1 is 1.64 bits per heavy atom. The third-order valence-electron chi connectivity index (χ3n) is 1.74. The predicted molar refractivity (Wildman–Crippen MR) is 47.5 cm³/mol. The molecular weight excluding hydrogens is 214 g/mol. The fourth-order valence-corrected chi connectivity index (χ4v) is 1.33. The Morgan fingerprint density at radius 2 is 2.29 bits per heavy atom. The summed E-state index contributed by atoms with van der Waals surface area (Å²) in [4.78, 5) is 13.9. The molecule has 0 fully saturated rings. The first-order chi connectivity index (χ1) is 6.61. The number of aldehydes is 1. The van der Waals surface area contributed by atoms with Gasteiger partial charge in [0.25, 0.3) is 6.43 Å². The summed E-state index contributed by atoms with van der Waals surface area (Å²) < 4.78 is 25.1. The highest BCUT2D eigenvalue weighted by atomic mass is 35.5. The van der Waals surface area contributed by atoms with Gasteiger partial charge in [-0.15, -0.1) is 0 Å². The minimum atomic E-state index is -2.81. The lowest BCUT2D eigenvalue weighted by atomic mass is 10.1. The molecule has 3 nitrogen and oxygen atoms in total. The molecule has 1 rings (SSSR count). The first-order valence-corrected chi connectivity index (χ1v) is 4.10. The second-order valence-corrected chi connectivity index (χ2v) is 2.91. The Labute approximate surface area is 83.9 Å². The largest absolute Gasteiger partial charge is 0.326 e. The number of pyridine rings is 1. The molecule has 0 unspecified atom stereocenters. The number of carbonyl (C=O) groups is 1. The highest BCUT2D eigenvalue weighted by molar-refractivity contribution is 6.31. The molecular formula is C8H7ClF2N2O. The number of hydrogen-bond acceptors (Lipinski definition) is 3. The Hall–Kier alpha value is -1.07. The first-order valence-electron chi connectivity index (χ1n) is 3.72. The highest BCUT2D eigenvalue weighted by Gasteiger charge is 2.20. The molecule has 0 saturated carbocycles. The van der Waals surface area contributed by atoms with Crippen molar-refractivity contribution in [3.63, 3.8) is 0 Å². The third-order valence-corrected chi connectivity index (χ3v) is 2.07. The molecule has 1 aromatic heterocycles. The van der Waals surface area contributed by atoms with Crippen molar-refractivity contribution in [2.75, 3.05) is 0 Å². The lowest BCUT2D eigenvalue weighted by Gasteiger charge is -2.09.